The van der Waals surface area contributed by atoms with Crippen molar-refractivity contribution in [3.8, 4) is 23.3 Å². The summed E-state index contributed by atoms with van der Waals surface area (Å²) in [5, 5.41) is 18.9. The standard InChI is InChI=1S/C19H12BrN3O5S/c20-15-7-3-13(4-8-15)17-21-22-19(28-17)29-12-2-1-11-27-18(24)14-5-9-16(10-6-14)23(25)26/h3-10H,11-12H2. The monoisotopic (exact) mass is 473 g/mol. The van der Waals surface area contributed by atoms with Gasteiger partial charge in [0, 0.05) is 22.2 Å². The molecule has 29 heavy (non-hydrogen) atoms. The lowest BCUT2D eigenvalue weighted by Gasteiger charge is -2.00. The number of ether oxygens (including phenoxy) is 1. The Bertz CT molecular complexity index is 1070. The second-order valence-electron chi connectivity index (χ2n) is 5.40. The van der Waals surface area contributed by atoms with E-state index in [1.54, 1.807) is 0 Å². The summed E-state index contributed by atoms with van der Waals surface area (Å²) in [6.07, 6.45) is 0. The van der Waals surface area contributed by atoms with Crippen molar-refractivity contribution in [2.45, 2.75) is 5.22 Å². The van der Waals surface area contributed by atoms with Gasteiger partial charge in [0.2, 0.25) is 5.89 Å². The van der Waals surface area contributed by atoms with E-state index in [9.17, 15) is 14.9 Å². The lowest BCUT2D eigenvalue weighted by atomic mass is 10.2. The zero-order chi connectivity index (χ0) is 20.6. The molecule has 0 unspecified atom stereocenters. The van der Waals surface area contributed by atoms with E-state index in [0.29, 0.717) is 16.9 Å². The number of benzene rings is 2. The van der Waals surface area contributed by atoms with Crippen LogP contribution in [0.2, 0.25) is 0 Å². The van der Waals surface area contributed by atoms with Crippen LogP contribution in [0.25, 0.3) is 11.5 Å². The van der Waals surface area contributed by atoms with Crippen LogP contribution < -0.4 is 0 Å². The second-order valence-corrected chi connectivity index (χ2v) is 7.24. The number of aromatic nitrogens is 2. The summed E-state index contributed by atoms with van der Waals surface area (Å²) in [7, 11) is 0. The number of thioether (sulfide) groups is 1. The van der Waals surface area contributed by atoms with Crippen molar-refractivity contribution in [2.75, 3.05) is 12.4 Å². The lowest BCUT2D eigenvalue weighted by molar-refractivity contribution is -0.384. The fourth-order valence-corrected chi connectivity index (χ4v) is 2.88. The van der Waals surface area contributed by atoms with Crippen LogP contribution in [0.1, 0.15) is 10.4 Å². The Morgan fingerprint density at radius 1 is 1.14 bits per heavy atom. The van der Waals surface area contributed by atoms with Gasteiger partial charge in [-0.15, -0.1) is 10.2 Å². The van der Waals surface area contributed by atoms with E-state index in [2.05, 4.69) is 38.0 Å². The van der Waals surface area contributed by atoms with E-state index in [4.69, 9.17) is 9.15 Å². The zero-order valence-electron chi connectivity index (χ0n) is 14.7. The number of carbonyl (C=O) groups is 1. The van der Waals surface area contributed by atoms with E-state index in [-0.39, 0.29) is 17.9 Å². The van der Waals surface area contributed by atoms with E-state index < -0.39 is 10.9 Å². The number of nitrogens with zero attached hydrogens (tertiary/aromatic N) is 3. The molecule has 0 amide bonds. The maximum atomic E-state index is 11.8. The molecule has 0 saturated carbocycles. The predicted octanol–water partition coefficient (Wildman–Crippen LogP) is 4.36. The van der Waals surface area contributed by atoms with Crippen LogP contribution in [-0.4, -0.2) is 33.4 Å². The Balaban J connectivity index is 1.43. The Morgan fingerprint density at radius 3 is 2.55 bits per heavy atom. The second kappa shape index (κ2) is 9.86. The maximum Gasteiger partial charge on any atom is 0.339 e. The normalized spacial score (nSPS) is 10.1. The third kappa shape index (κ3) is 5.91. The summed E-state index contributed by atoms with van der Waals surface area (Å²) >= 11 is 4.64. The molecule has 10 heteroatoms. The molecule has 0 saturated heterocycles. The smallest absolute Gasteiger partial charge is 0.339 e. The van der Waals surface area contributed by atoms with Crippen LogP contribution in [0.4, 0.5) is 5.69 Å². The SMILES string of the molecule is O=C(OCC#CCSc1nnc(-c2ccc(Br)cc2)o1)c1ccc([N+](=O)[O-])cc1. The van der Waals surface area contributed by atoms with Gasteiger partial charge in [-0.05, 0) is 36.4 Å². The van der Waals surface area contributed by atoms with Crippen molar-refractivity contribution < 1.29 is 18.9 Å². The summed E-state index contributed by atoms with van der Waals surface area (Å²) in [4.78, 5) is 21.9. The Morgan fingerprint density at radius 2 is 1.86 bits per heavy atom. The van der Waals surface area contributed by atoms with Crippen LogP contribution in [0.5, 0.6) is 0 Å². The van der Waals surface area contributed by atoms with Crippen molar-refractivity contribution in [1.29, 1.82) is 0 Å². The molecule has 0 atom stereocenters. The molecule has 2 aromatic carbocycles. The molecule has 1 heterocycles. The first-order valence-electron chi connectivity index (χ1n) is 8.12. The first kappa shape index (κ1) is 20.6. The van der Waals surface area contributed by atoms with Crippen molar-refractivity contribution in [2.24, 2.45) is 0 Å². The zero-order valence-corrected chi connectivity index (χ0v) is 17.1. The van der Waals surface area contributed by atoms with Crippen molar-refractivity contribution in [3.05, 3.63) is 68.7 Å². The number of nitro groups is 1. The van der Waals surface area contributed by atoms with Gasteiger partial charge in [0.05, 0.1) is 16.2 Å². The number of esters is 1. The van der Waals surface area contributed by atoms with Crippen LogP contribution in [0.3, 0.4) is 0 Å². The molecular formula is C19H12BrN3O5S. The molecule has 3 rings (SSSR count). The fraction of sp³-hybridized carbons (Fsp3) is 0.105. The molecular weight excluding hydrogens is 462 g/mol. The highest BCUT2D eigenvalue weighted by molar-refractivity contribution is 9.10. The largest absolute Gasteiger partial charge is 0.449 e. The topological polar surface area (TPSA) is 108 Å². The highest BCUT2D eigenvalue weighted by Crippen LogP contribution is 2.24. The molecule has 0 aliphatic rings. The summed E-state index contributed by atoms with van der Waals surface area (Å²) in [5.74, 6) is 5.76. The van der Waals surface area contributed by atoms with Crippen LogP contribution in [0.15, 0.2) is 62.6 Å². The Labute approximate surface area is 177 Å². The number of hydrogen-bond acceptors (Lipinski definition) is 8. The molecule has 0 radical (unpaired) electrons. The lowest BCUT2D eigenvalue weighted by Crippen LogP contribution is -2.05. The number of nitro benzene ring substituents is 1. The van der Waals surface area contributed by atoms with E-state index in [1.165, 1.54) is 36.0 Å². The molecule has 146 valence electrons. The third-order valence-corrected chi connectivity index (χ3v) is 4.71. The molecule has 0 aliphatic heterocycles. The average molecular weight is 474 g/mol. The molecule has 0 N–H and O–H groups in total. The third-order valence-electron chi connectivity index (χ3n) is 3.48. The van der Waals surface area contributed by atoms with Gasteiger partial charge in [0.1, 0.15) is 0 Å². The van der Waals surface area contributed by atoms with Crippen molar-refractivity contribution in [3.63, 3.8) is 0 Å². The Kier molecular flexibility index (Phi) is 6.99. The van der Waals surface area contributed by atoms with Crippen molar-refractivity contribution >= 4 is 39.3 Å². The average Bonchev–Trinajstić information content (AvgIpc) is 3.20. The van der Waals surface area contributed by atoms with Gasteiger partial charge in [0.15, 0.2) is 6.61 Å². The van der Waals surface area contributed by atoms with Crippen LogP contribution in [-0.2, 0) is 4.74 Å². The van der Waals surface area contributed by atoms with Gasteiger partial charge >= 0.3 is 5.97 Å². The molecule has 0 bridgehead atoms. The predicted molar refractivity (Wildman–Crippen MR) is 109 cm³/mol. The maximum absolute atomic E-state index is 11.8. The van der Waals surface area contributed by atoms with Gasteiger partial charge in [-0.3, -0.25) is 10.1 Å². The molecule has 0 aliphatic carbocycles. The van der Waals surface area contributed by atoms with Crippen molar-refractivity contribution in [1.82, 2.24) is 10.2 Å². The summed E-state index contributed by atoms with van der Waals surface area (Å²) in [5.41, 5.74) is 0.942. The van der Waals surface area contributed by atoms with Gasteiger partial charge in [-0.1, -0.05) is 39.5 Å². The number of halogens is 1. The molecule has 3 aromatic rings. The minimum Gasteiger partial charge on any atom is -0.449 e. The highest BCUT2D eigenvalue weighted by atomic mass is 79.9. The van der Waals surface area contributed by atoms with Gasteiger partial charge in [-0.25, -0.2) is 4.79 Å². The summed E-state index contributed by atoms with van der Waals surface area (Å²) in [6.45, 7) is -0.0929. The summed E-state index contributed by atoms with van der Waals surface area (Å²) < 4.78 is 11.5. The number of carbonyl (C=O) groups excluding carboxylic acids is 1. The number of non-ortho nitro benzene ring substituents is 1. The molecule has 0 fully saturated rings. The first-order valence-corrected chi connectivity index (χ1v) is 9.90. The minimum atomic E-state index is -0.599. The van der Waals surface area contributed by atoms with E-state index in [1.807, 2.05) is 24.3 Å². The molecule has 0 spiro atoms. The first-order chi connectivity index (χ1) is 14.0. The van der Waals surface area contributed by atoms with E-state index >= 15 is 0 Å². The molecule has 1 aromatic heterocycles. The fourth-order valence-electron chi connectivity index (χ4n) is 2.08. The summed E-state index contributed by atoms with van der Waals surface area (Å²) in [6, 6.07) is 12.7. The Hall–Kier alpha value is -3.16. The van der Waals surface area contributed by atoms with Crippen LogP contribution in [0, 0.1) is 22.0 Å². The van der Waals surface area contributed by atoms with Gasteiger partial charge in [0.25, 0.3) is 10.9 Å². The van der Waals surface area contributed by atoms with E-state index in [0.717, 1.165) is 10.0 Å². The number of rotatable bonds is 6. The highest BCUT2D eigenvalue weighted by Gasteiger charge is 2.10. The molecule has 8 nitrogen and oxygen atoms in total. The van der Waals surface area contributed by atoms with Gasteiger partial charge in [-0.2, -0.15) is 0 Å². The number of hydrogen-bond donors (Lipinski definition) is 0. The quantitative estimate of drug-likeness (QED) is 0.171. The minimum absolute atomic E-state index is 0.0929. The van der Waals surface area contributed by atoms with Gasteiger partial charge < -0.3 is 9.15 Å². The van der Waals surface area contributed by atoms with Crippen LogP contribution >= 0.6 is 27.7 Å².